The van der Waals surface area contributed by atoms with Crippen LogP contribution in [0.25, 0.3) is 11.0 Å². The van der Waals surface area contributed by atoms with Gasteiger partial charge in [0.2, 0.25) is 11.4 Å². The Morgan fingerprint density at radius 3 is 2.68 bits per heavy atom. The Balaban J connectivity index is 1.72. The molecular formula is C19H16F2N2O4S. The van der Waals surface area contributed by atoms with Gasteiger partial charge in [-0.2, -0.15) is 4.39 Å². The first-order chi connectivity index (χ1) is 13.7. The van der Waals surface area contributed by atoms with Crippen molar-refractivity contribution in [3.05, 3.63) is 59.2 Å². The van der Waals surface area contributed by atoms with Gasteiger partial charge in [-0.05, 0) is 11.6 Å². The molecule has 3 aromatic rings. The molecule has 0 unspecified atom stereocenters. The van der Waals surface area contributed by atoms with Crippen LogP contribution < -0.4 is 5.32 Å². The SMILES string of the molecule is O=CSC[C@@H](Nc1noc2c(F)c(F)c(C3OCCO3)cc12)c1ccccc1. The first kappa shape index (κ1) is 18.9. The zero-order valence-corrected chi connectivity index (χ0v) is 15.4. The second-order valence-electron chi connectivity index (χ2n) is 6.11. The third-order valence-corrected chi connectivity index (χ3v) is 5.05. The molecule has 1 saturated heterocycles. The molecule has 1 N–H and O–H groups in total. The highest BCUT2D eigenvalue weighted by Gasteiger charge is 2.28. The van der Waals surface area contributed by atoms with Gasteiger partial charge in [-0.3, -0.25) is 4.79 Å². The minimum atomic E-state index is -1.15. The molecule has 28 heavy (non-hydrogen) atoms. The second kappa shape index (κ2) is 8.26. The van der Waals surface area contributed by atoms with Crippen molar-refractivity contribution in [1.82, 2.24) is 5.16 Å². The molecule has 1 aliphatic heterocycles. The zero-order chi connectivity index (χ0) is 19.5. The maximum atomic E-state index is 14.5. The number of carbonyl (C=O) groups excluding carboxylic acids is 1. The van der Waals surface area contributed by atoms with Gasteiger partial charge in [0.1, 0.15) is 0 Å². The number of nitrogens with one attached hydrogen (secondary N) is 1. The normalized spacial score (nSPS) is 15.8. The van der Waals surface area contributed by atoms with Gasteiger partial charge in [0.25, 0.3) is 0 Å². The van der Waals surface area contributed by atoms with Crippen LogP contribution in [0.5, 0.6) is 0 Å². The number of hydrogen-bond donors (Lipinski definition) is 1. The second-order valence-corrected chi connectivity index (χ2v) is 6.97. The van der Waals surface area contributed by atoms with E-state index in [1.54, 1.807) is 0 Å². The third-order valence-electron chi connectivity index (χ3n) is 4.39. The summed E-state index contributed by atoms with van der Waals surface area (Å²) in [7, 11) is 0. The monoisotopic (exact) mass is 406 g/mol. The minimum absolute atomic E-state index is 0.0488. The van der Waals surface area contributed by atoms with Gasteiger partial charge in [-0.15, -0.1) is 0 Å². The lowest BCUT2D eigenvalue weighted by molar-refractivity contribution is -0.0467. The summed E-state index contributed by atoms with van der Waals surface area (Å²) < 4.78 is 44.5. The number of aromatic nitrogens is 1. The van der Waals surface area contributed by atoms with E-state index in [1.807, 2.05) is 30.3 Å². The average molecular weight is 406 g/mol. The van der Waals surface area contributed by atoms with E-state index in [9.17, 15) is 13.6 Å². The number of anilines is 1. The van der Waals surface area contributed by atoms with Gasteiger partial charge >= 0.3 is 0 Å². The molecule has 4 rings (SSSR count). The van der Waals surface area contributed by atoms with Crippen LogP contribution in [0.15, 0.2) is 40.9 Å². The van der Waals surface area contributed by atoms with Gasteiger partial charge in [-0.1, -0.05) is 47.3 Å². The van der Waals surface area contributed by atoms with Crippen LogP contribution in [-0.4, -0.2) is 29.7 Å². The van der Waals surface area contributed by atoms with Crippen molar-refractivity contribution in [3.8, 4) is 0 Å². The molecule has 146 valence electrons. The number of fused-ring (bicyclic) bond motifs is 1. The lowest BCUT2D eigenvalue weighted by Gasteiger charge is -2.17. The topological polar surface area (TPSA) is 73.6 Å². The smallest absolute Gasteiger partial charge is 0.207 e. The van der Waals surface area contributed by atoms with Crippen molar-refractivity contribution < 1.29 is 27.6 Å². The van der Waals surface area contributed by atoms with E-state index in [-0.39, 0.29) is 28.4 Å². The molecule has 1 fully saturated rings. The van der Waals surface area contributed by atoms with Gasteiger partial charge in [0.05, 0.1) is 24.6 Å². The summed E-state index contributed by atoms with van der Waals surface area (Å²) in [5.74, 6) is -1.56. The molecule has 1 atom stereocenters. The Morgan fingerprint density at radius 1 is 1.21 bits per heavy atom. The molecule has 6 nitrogen and oxygen atoms in total. The van der Waals surface area contributed by atoms with Gasteiger partial charge in [0.15, 0.2) is 23.5 Å². The lowest BCUT2D eigenvalue weighted by Crippen LogP contribution is -2.14. The van der Waals surface area contributed by atoms with Crippen LogP contribution in [-0.2, 0) is 14.3 Å². The van der Waals surface area contributed by atoms with Crippen molar-refractivity contribution in [2.75, 3.05) is 24.3 Å². The number of halogens is 2. The first-order valence-electron chi connectivity index (χ1n) is 8.56. The minimum Gasteiger partial charge on any atom is -0.359 e. The molecular weight excluding hydrogens is 390 g/mol. The largest absolute Gasteiger partial charge is 0.359 e. The van der Waals surface area contributed by atoms with Crippen LogP contribution >= 0.6 is 11.8 Å². The van der Waals surface area contributed by atoms with Crippen molar-refractivity contribution in [2.45, 2.75) is 12.3 Å². The van der Waals surface area contributed by atoms with Crippen LogP contribution in [0.3, 0.4) is 0 Å². The van der Waals surface area contributed by atoms with E-state index in [0.29, 0.717) is 19.0 Å². The van der Waals surface area contributed by atoms with Crippen LogP contribution in [0.2, 0.25) is 0 Å². The Labute approximate surface area is 163 Å². The number of hydrogen-bond acceptors (Lipinski definition) is 7. The van der Waals surface area contributed by atoms with Crippen LogP contribution in [0.4, 0.5) is 14.6 Å². The summed E-state index contributed by atoms with van der Waals surface area (Å²) in [6.45, 7) is 0.606. The van der Waals surface area contributed by atoms with E-state index >= 15 is 0 Å². The molecule has 1 aliphatic rings. The van der Waals surface area contributed by atoms with E-state index in [0.717, 1.165) is 22.9 Å². The predicted molar refractivity (Wildman–Crippen MR) is 101 cm³/mol. The lowest BCUT2D eigenvalue weighted by atomic mass is 10.1. The quantitative estimate of drug-likeness (QED) is 0.589. The molecule has 0 amide bonds. The summed E-state index contributed by atoms with van der Waals surface area (Å²) >= 11 is 1.09. The van der Waals surface area contributed by atoms with Gasteiger partial charge in [-0.25, -0.2) is 4.39 Å². The van der Waals surface area contributed by atoms with E-state index in [2.05, 4.69) is 10.5 Å². The Bertz CT molecular complexity index is 977. The first-order valence-corrected chi connectivity index (χ1v) is 9.61. The third kappa shape index (κ3) is 3.60. The molecule has 1 aromatic heterocycles. The number of thioether (sulfide) groups is 1. The summed E-state index contributed by atoms with van der Waals surface area (Å²) in [6.07, 6.45) is -0.975. The fraction of sp³-hybridized carbons (Fsp3) is 0.263. The molecule has 0 aliphatic carbocycles. The van der Waals surface area contributed by atoms with Crippen molar-refractivity contribution in [1.29, 1.82) is 0 Å². The Morgan fingerprint density at radius 2 is 1.96 bits per heavy atom. The van der Waals surface area contributed by atoms with E-state index < -0.39 is 17.9 Å². The van der Waals surface area contributed by atoms with Gasteiger partial charge < -0.3 is 19.3 Å². The average Bonchev–Trinajstić information content (AvgIpc) is 3.39. The van der Waals surface area contributed by atoms with Crippen LogP contribution in [0.1, 0.15) is 23.5 Å². The molecule has 0 spiro atoms. The molecule has 0 saturated carbocycles. The highest BCUT2D eigenvalue weighted by Crippen LogP contribution is 2.35. The van der Waals surface area contributed by atoms with E-state index in [4.69, 9.17) is 14.0 Å². The zero-order valence-electron chi connectivity index (χ0n) is 14.6. The van der Waals surface area contributed by atoms with Gasteiger partial charge in [0, 0.05) is 11.3 Å². The summed E-state index contributed by atoms with van der Waals surface area (Å²) in [5, 5.41) is 7.30. The summed E-state index contributed by atoms with van der Waals surface area (Å²) in [6, 6.07) is 10.5. The Hall–Kier alpha value is -2.49. The Kier molecular flexibility index (Phi) is 5.56. The van der Waals surface area contributed by atoms with Crippen molar-refractivity contribution in [2.24, 2.45) is 0 Å². The summed E-state index contributed by atoms with van der Waals surface area (Å²) in [5.41, 5.74) is 1.32. The van der Waals surface area contributed by atoms with Crippen molar-refractivity contribution >= 4 is 34.2 Å². The predicted octanol–water partition coefficient (Wildman–Crippen LogP) is 4.23. The standard InChI is InChI=1S/C19H16F2N2O4S/c20-15-12(19-25-6-7-26-19)8-13-17(16(15)21)27-23-18(13)22-14(9-28-10-24)11-4-2-1-3-5-11/h1-5,8,10,14,19H,6-7,9H2,(H,22,23)/t14-/m1/s1. The number of nitrogens with zero attached hydrogens (tertiary/aromatic N) is 1. The molecule has 0 radical (unpaired) electrons. The van der Waals surface area contributed by atoms with E-state index in [1.165, 1.54) is 6.07 Å². The van der Waals surface area contributed by atoms with Crippen LogP contribution in [0, 0.1) is 11.6 Å². The number of rotatable bonds is 7. The molecule has 9 heteroatoms. The molecule has 2 heterocycles. The number of benzene rings is 2. The highest BCUT2D eigenvalue weighted by molar-refractivity contribution is 8.11. The fourth-order valence-electron chi connectivity index (χ4n) is 3.06. The maximum Gasteiger partial charge on any atom is 0.207 e. The highest BCUT2D eigenvalue weighted by atomic mass is 32.2. The summed E-state index contributed by atoms with van der Waals surface area (Å²) in [4.78, 5) is 10.8. The van der Waals surface area contributed by atoms with Crippen molar-refractivity contribution in [3.63, 3.8) is 0 Å². The number of carbonyl (C=O) groups is 1. The maximum absolute atomic E-state index is 14.5. The fourth-order valence-corrected chi connectivity index (χ4v) is 3.60. The number of ether oxygens (including phenoxy) is 2. The molecule has 0 bridgehead atoms. The molecule has 2 aromatic carbocycles.